The summed E-state index contributed by atoms with van der Waals surface area (Å²) >= 11 is 0. The number of nitrogens with zero attached hydrogens (tertiary/aromatic N) is 1. The molecule has 1 saturated carbocycles. The van der Waals surface area contributed by atoms with E-state index in [-0.39, 0.29) is 12.1 Å². The summed E-state index contributed by atoms with van der Waals surface area (Å²) in [7, 11) is 1.81. The number of benzene rings is 1. The first-order chi connectivity index (χ1) is 10.6. The molecule has 0 aromatic heterocycles. The molecule has 0 saturated heterocycles. The van der Waals surface area contributed by atoms with Crippen LogP contribution in [0.4, 0.5) is 4.79 Å². The predicted octanol–water partition coefficient (Wildman–Crippen LogP) is 3.70. The zero-order valence-electron chi connectivity index (χ0n) is 14.0. The third kappa shape index (κ3) is 5.02. The summed E-state index contributed by atoms with van der Waals surface area (Å²) in [6.07, 6.45) is 5.40. The average Bonchev–Trinajstić information content (AvgIpc) is 3.03. The molecule has 1 N–H and O–H groups in total. The van der Waals surface area contributed by atoms with Crippen LogP contribution in [-0.2, 0) is 17.9 Å². The van der Waals surface area contributed by atoms with E-state index in [9.17, 15) is 4.79 Å². The number of nitrogens with one attached hydrogen (secondary N) is 1. The molecule has 4 heteroatoms. The van der Waals surface area contributed by atoms with Gasteiger partial charge in [0, 0.05) is 19.6 Å². The molecule has 2 rings (SSSR count). The van der Waals surface area contributed by atoms with Crippen molar-refractivity contribution in [2.75, 3.05) is 7.05 Å². The minimum Gasteiger partial charge on any atom is -0.374 e. The van der Waals surface area contributed by atoms with Gasteiger partial charge in [0.2, 0.25) is 0 Å². The van der Waals surface area contributed by atoms with Crippen LogP contribution in [0.3, 0.4) is 0 Å². The topological polar surface area (TPSA) is 41.6 Å². The van der Waals surface area contributed by atoms with Crippen LogP contribution >= 0.6 is 0 Å². The summed E-state index contributed by atoms with van der Waals surface area (Å²) in [4.78, 5) is 13.6. The number of urea groups is 1. The monoisotopic (exact) mass is 304 g/mol. The van der Waals surface area contributed by atoms with Crippen LogP contribution in [-0.4, -0.2) is 30.1 Å². The van der Waals surface area contributed by atoms with E-state index < -0.39 is 0 Å². The number of amides is 2. The van der Waals surface area contributed by atoms with Gasteiger partial charge >= 0.3 is 6.03 Å². The maximum atomic E-state index is 11.9. The van der Waals surface area contributed by atoms with E-state index in [0.717, 1.165) is 5.56 Å². The molecule has 0 unspecified atom stereocenters. The second-order valence-electron chi connectivity index (χ2n) is 6.40. The molecule has 0 heterocycles. The van der Waals surface area contributed by atoms with Crippen molar-refractivity contribution in [3.05, 3.63) is 35.4 Å². The lowest BCUT2D eigenvalue weighted by Crippen LogP contribution is -2.40. The van der Waals surface area contributed by atoms with E-state index in [4.69, 9.17) is 4.74 Å². The minimum atomic E-state index is -0.0393. The summed E-state index contributed by atoms with van der Waals surface area (Å²) in [5, 5.41) is 2.95. The standard InChI is InChI=1S/C18H28N2O2/c1-14(2)20(3)18(21)19-12-15-7-6-8-16(11-15)13-22-17-9-4-5-10-17/h6-8,11,14,17H,4-5,9-10,12-13H2,1-3H3,(H,19,21). The smallest absolute Gasteiger partial charge is 0.317 e. The van der Waals surface area contributed by atoms with Gasteiger partial charge in [0.15, 0.2) is 0 Å². The van der Waals surface area contributed by atoms with Crippen molar-refractivity contribution in [3.63, 3.8) is 0 Å². The van der Waals surface area contributed by atoms with E-state index in [0.29, 0.717) is 19.3 Å². The molecule has 1 aromatic carbocycles. The third-order valence-electron chi connectivity index (χ3n) is 4.32. The minimum absolute atomic E-state index is 0.0393. The fourth-order valence-corrected chi connectivity index (χ4v) is 2.64. The maximum Gasteiger partial charge on any atom is 0.317 e. The molecule has 1 aliphatic rings. The number of hydrogen-bond acceptors (Lipinski definition) is 2. The lowest BCUT2D eigenvalue weighted by molar-refractivity contribution is 0.0456. The second kappa shape index (κ2) is 8.18. The van der Waals surface area contributed by atoms with Crippen LogP contribution in [0.15, 0.2) is 24.3 Å². The lowest BCUT2D eigenvalue weighted by atomic mass is 10.1. The van der Waals surface area contributed by atoms with Crippen molar-refractivity contribution >= 4 is 6.03 Å². The molecule has 0 radical (unpaired) electrons. The van der Waals surface area contributed by atoms with Gasteiger partial charge in [-0.1, -0.05) is 37.1 Å². The first-order valence-corrected chi connectivity index (χ1v) is 8.26. The van der Waals surface area contributed by atoms with Crippen LogP contribution in [0.2, 0.25) is 0 Å². The Morgan fingerprint density at radius 2 is 2.00 bits per heavy atom. The zero-order valence-corrected chi connectivity index (χ0v) is 14.0. The molecule has 0 bridgehead atoms. The van der Waals surface area contributed by atoms with Crippen LogP contribution < -0.4 is 5.32 Å². The Morgan fingerprint density at radius 1 is 1.32 bits per heavy atom. The van der Waals surface area contributed by atoms with E-state index in [1.807, 2.05) is 33.0 Å². The van der Waals surface area contributed by atoms with E-state index in [2.05, 4.69) is 17.4 Å². The molecule has 2 amide bonds. The number of carbonyl (C=O) groups is 1. The van der Waals surface area contributed by atoms with Crippen molar-refractivity contribution in [2.45, 2.75) is 64.8 Å². The van der Waals surface area contributed by atoms with Crippen molar-refractivity contribution in [2.24, 2.45) is 0 Å². The van der Waals surface area contributed by atoms with Gasteiger partial charge in [0.05, 0.1) is 12.7 Å². The Morgan fingerprint density at radius 3 is 2.68 bits per heavy atom. The van der Waals surface area contributed by atoms with Crippen molar-refractivity contribution in [1.82, 2.24) is 10.2 Å². The molecule has 1 aromatic rings. The Hall–Kier alpha value is -1.55. The van der Waals surface area contributed by atoms with Gasteiger partial charge in [0.25, 0.3) is 0 Å². The third-order valence-corrected chi connectivity index (χ3v) is 4.32. The Bertz CT molecular complexity index is 482. The number of rotatable bonds is 6. The van der Waals surface area contributed by atoms with E-state index in [1.165, 1.54) is 31.2 Å². The highest BCUT2D eigenvalue weighted by Crippen LogP contribution is 2.22. The summed E-state index contributed by atoms with van der Waals surface area (Å²) < 4.78 is 5.94. The summed E-state index contributed by atoms with van der Waals surface area (Å²) in [6.45, 7) is 5.21. The molecule has 1 aliphatic carbocycles. The lowest BCUT2D eigenvalue weighted by Gasteiger charge is -2.21. The molecule has 4 nitrogen and oxygen atoms in total. The fraction of sp³-hybridized carbons (Fsp3) is 0.611. The van der Waals surface area contributed by atoms with E-state index in [1.54, 1.807) is 4.90 Å². The van der Waals surface area contributed by atoms with Crippen LogP contribution in [0.5, 0.6) is 0 Å². The van der Waals surface area contributed by atoms with Gasteiger partial charge in [-0.25, -0.2) is 4.79 Å². The highest BCUT2D eigenvalue weighted by molar-refractivity contribution is 5.74. The Labute approximate surface area is 133 Å². The summed E-state index contributed by atoms with van der Waals surface area (Å²) in [6, 6.07) is 8.43. The van der Waals surface area contributed by atoms with Crippen LogP contribution in [0, 0.1) is 0 Å². The first kappa shape index (κ1) is 16.8. The molecule has 22 heavy (non-hydrogen) atoms. The molecular formula is C18H28N2O2. The van der Waals surface area contributed by atoms with E-state index >= 15 is 0 Å². The first-order valence-electron chi connectivity index (χ1n) is 8.26. The molecule has 0 spiro atoms. The van der Waals surface area contributed by atoms with Gasteiger partial charge in [-0.05, 0) is 37.8 Å². The fourth-order valence-electron chi connectivity index (χ4n) is 2.64. The highest BCUT2D eigenvalue weighted by atomic mass is 16.5. The number of ether oxygens (including phenoxy) is 1. The largest absolute Gasteiger partial charge is 0.374 e. The van der Waals surface area contributed by atoms with Crippen molar-refractivity contribution < 1.29 is 9.53 Å². The maximum absolute atomic E-state index is 11.9. The second-order valence-corrected chi connectivity index (χ2v) is 6.40. The highest BCUT2D eigenvalue weighted by Gasteiger charge is 2.15. The molecule has 0 atom stereocenters. The molecule has 122 valence electrons. The molecule has 0 aliphatic heterocycles. The average molecular weight is 304 g/mol. The van der Waals surface area contributed by atoms with Gasteiger partial charge in [-0.2, -0.15) is 0 Å². The van der Waals surface area contributed by atoms with Crippen molar-refractivity contribution in [3.8, 4) is 0 Å². The number of hydrogen-bond donors (Lipinski definition) is 1. The quantitative estimate of drug-likeness (QED) is 0.870. The predicted molar refractivity (Wildman–Crippen MR) is 88.6 cm³/mol. The number of carbonyl (C=O) groups excluding carboxylic acids is 1. The zero-order chi connectivity index (χ0) is 15.9. The molecule has 1 fully saturated rings. The van der Waals surface area contributed by atoms with Crippen LogP contribution in [0.1, 0.15) is 50.7 Å². The Kier molecular flexibility index (Phi) is 6.25. The van der Waals surface area contributed by atoms with Crippen molar-refractivity contribution in [1.29, 1.82) is 0 Å². The molecular weight excluding hydrogens is 276 g/mol. The van der Waals surface area contributed by atoms with Gasteiger partial charge < -0.3 is 15.0 Å². The van der Waals surface area contributed by atoms with Gasteiger partial charge in [-0.15, -0.1) is 0 Å². The van der Waals surface area contributed by atoms with Gasteiger partial charge in [0.1, 0.15) is 0 Å². The van der Waals surface area contributed by atoms with Crippen LogP contribution in [0.25, 0.3) is 0 Å². The summed E-state index contributed by atoms with van der Waals surface area (Å²) in [5.74, 6) is 0. The normalized spacial score (nSPS) is 15.3. The Balaban J connectivity index is 1.81. The van der Waals surface area contributed by atoms with Gasteiger partial charge in [-0.3, -0.25) is 0 Å². The SMILES string of the molecule is CC(C)N(C)C(=O)NCc1cccc(COC2CCCC2)c1. The summed E-state index contributed by atoms with van der Waals surface area (Å²) in [5.41, 5.74) is 2.29.